The second-order valence-electron chi connectivity index (χ2n) is 5.01. The Labute approximate surface area is 337 Å². The number of aromatic carboxylic acids is 1. The fraction of sp³-hybridized carbons (Fsp3) is 0.200. The monoisotopic (exact) mass is 1520 g/mol. The van der Waals surface area contributed by atoms with E-state index in [1.165, 1.54) is 19.2 Å². The van der Waals surface area contributed by atoms with Crippen molar-refractivity contribution in [3.8, 4) is 24.7 Å². The zero-order chi connectivity index (χ0) is 33.1. The minimum atomic E-state index is -0.956. The van der Waals surface area contributed by atoms with Gasteiger partial charge in [0.25, 0.3) is 0 Å². The first kappa shape index (κ1) is 56.1. The number of benzene rings is 2. The number of terminal acetylenes is 2. The molecule has 0 saturated heterocycles. The average molecular weight is 1520 g/mol. The van der Waals surface area contributed by atoms with Crippen LogP contribution in [0.1, 0.15) is 59.0 Å². The molecule has 3 N–H and O–H groups in total. The number of carbonyl (C=O) groups is 2. The van der Waals surface area contributed by atoms with Crippen molar-refractivity contribution in [3.05, 3.63) is 84.6 Å². The van der Waals surface area contributed by atoms with Crippen LogP contribution in [0.2, 0.25) is 0 Å². The van der Waals surface area contributed by atoms with Gasteiger partial charge in [-0.15, -0.1) is 12.8 Å². The molecule has 0 heterocycles. The van der Waals surface area contributed by atoms with Gasteiger partial charge < -0.3 is 24.7 Å². The van der Waals surface area contributed by atoms with Gasteiger partial charge in [-0.3, -0.25) is 4.79 Å². The summed E-state index contributed by atoms with van der Waals surface area (Å²) in [5.74, 6) is 4.03. The van der Waals surface area contributed by atoms with E-state index in [0.717, 1.165) is 5.56 Å². The average Bonchev–Trinajstić information content (AvgIpc) is 2.96. The van der Waals surface area contributed by atoms with Crippen molar-refractivity contribution < 1.29 is 29.1 Å². The van der Waals surface area contributed by atoms with Crippen LogP contribution in [0.4, 0.5) is 0 Å². The number of ketones is 1. The summed E-state index contributed by atoms with van der Waals surface area (Å²) in [7, 11) is 2.13. The van der Waals surface area contributed by atoms with E-state index in [-0.39, 0.29) is 16.3 Å². The summed E-state index contributed by atoms with van der Waals surface area (Å²) >= 11 is 15.8. The Morgan fingerprint density at radius 3 is 1.48 bits per heavy atom. The van der Waals surface area contributed by atoms with Crippen molar-refractivity contribution in [3.63, 3.8) is 0 Å². The second kappa shape index (κ2) is 47.1. The van der Waals surface area contributed by atoms with Gasteiger partial charge in [0.15, 0.2) is 5.78 Å². The summed E-state index contributed by atoms with van der Waals surface area (Å²) < 4.78 is 0. The van der Waals surface area contributed by atoms with Crippen LogP contribution in [-0.2, 0) is 14.4 Å². The molecular formula is C25H31BI8NO3V2-2. The fourth-order valence-corrected chi connectivity index (χ4v) is 1.73. The number of Topliss-reactive ketones (excluding diaryl/α,β-unsaturated/α-hetero) is 1. The van der Waals surface area contributed by atoms with E-state index in [1.807, 2.05) is 13.0 Å². The molecule has 15 heteroatoms. The van der Waals surface area contributed by atoms with Gasteiger partial charge in [-0.25, -0.2) is 4.79 Å². The van der Waals surface area contributed by atoms with E-state index in [2.05, 4.69) is 169 Å². The molecule has 225 valence electrons. The van der Waals surface area contributed by atoms with Crippen LogP contribution < -0.4 is 5.73 Å². The molecule has 0 atom stereocenters. The van der Waals surface area contributed by atoms with Gasteiger partial charge in [-0.05, 0) is 37.4 Å². The van der Waals surface area contributed by atoms with Crippen molar-refractivity contribution in [2.24, 2.45) is 5.73 Å². The molecule has 0 aliphatic heterocycles. The van der Waals surface area contributed by atoms with Crippen LogP contribution in [0.3, 0.4) is 0 Å². The predicted molar refractivity (Wildman–Crippen MR) is 240 cm³/mol. The van der Waals surface area contributed by atoms with Gasteiger partial charge in [-0.2, -0.15) is 13.8 Å². The summed E-state index contributed by atoms with van der Waals surface area (Å²) in [4.78, 5) is 21.3. The third kappa shape index (κ3) is 48.6. The second-order valence-corrected chi connectivity index (χ2v) is 75.7. The molecular weight excluding hydrogens is 1490 g/mol. The Morgan fingerprint density at radius 2 is 1.23 bits per heavy atom. The van der Waals surface area contributed by atoms with Crippen molar-refractivity contribution in [1.82, 2.24) is 0 Å². The van der Waals surface area contributed by atoms with E-state index in [1.54, 1.807) is 44.2 Å². The van der Waals surface area contributed by atoms with E-state index < -0.39 is 17.6 Å². The fourth-order valence-electron chi connectivity index (χ4n) is 1.73. The Balaban J connectivity index is -0.0000000941. The number of carboxylic acid groups (broad SMARTS) is 1. The van der Waals surface area contributed by atoms with Gasteiger partial charge in [0.1, 0.15) is 0 Å². The molecule has 0 spiro atoms. The molecule has 0 aliphatic rings. The molecule has 0 bridgehead atoms. The summed E-state index contributed by atoms with van der Waals surface area (Å²) in [6.45, 7) is 11.8. The standard InChI is InChI=1S/C11H10O.C9H6O2.2C2H5.CH5N.BI3.5HI.2V/c1-3-9-6-5-7-10(8-9)11(12)4-2;1-2-7-4-3-5-8(6-7)9(10)11;3*1-2;1-4(2)3;;;;;;;/h1,5-8H,4H2,2H3;1,3-6H,(H,10,11);2*1H2,2H3;2H2,1H3;;5*1H;;/q;;2*-1;;;;;;;;+2;+3/p-5. The predicted octanol–water partition coefficient (Wildman–Crippen LogP) is 11.6. The number of carbonyl (C=O) groups excluding carboxylic acids is 1. The van der Waals surface area contributed by atoms with Crippen LogP contribution in [0.5, 0.6) is 0 Å². The van der Waals surface area contributed by atoms with Crippen molar-refractivity contribution in [2.75, 3.05) is 7.05 Å². The Morgan fingerprint density at radius 1 is 0.950 bits per heavy atom. The van der Waals surface area contributed by atoms with Crippen LogP contribution in [0, 0.1) is 38.5 Å². The topological polar surface area (TPSA) is 80.4 Å². The first-order valence-corrected chi connectivity index (χ1v) is 46.6. The maximum atomic E-state index is 11.2. The molecule has 4 nitrogen and oxygen atoms in total. The zero-order valence-electron chi connectivity index (χ0n) is 22.2. The summed E-state index contributed by atoms with van der Waals surface area (Å²) in [5, 5.41) is 8.54. The Bertz CT molecular complexity index is 933. The molecule has 0 unspecified atom stereocenters. The van der Waals surface area contributed by atoms with E-state index in [4.69, 9.17) is 23.7 Å². The molecule has 0 aliphatic carbocycles. The Hall–Kier alpha value is 3.73. The number of hydrogen-bond donors (Lipinski definition) is 2. The normalized spacial score (nSPS) is 7.88. The zero-order valence-corrected chi connectivity index (χ0v) is 42.3. The molecule has 2 aromatic rings. The molecule has 40 heavy (non-hydrogen) atoms. The van der Waals surface area contributed by atoms with Crippen molar-refractivity contribution in [1.29, 1.82) is 0 Å². The molecule has 0 fully saturated rings. The van der Waals surface area contributed by atoms with E-state index >= 15 is 0 Å². The number of rotatable bonds is 3. The Kier molecular flexibility index (Phi) is 66.1. The third-order valence-corrected chi connectivity index (χ3v) is 2.95. The quantitative estimate of drug-likeness (QED) is 0.106. The summed E-state index contributed by atoms with van der Waals surface area (Å²) in [5.41, 5.74) is 12.0. The van der Waals surface area contributed by atoms with Crippen LogP contribution in [0.25, 0.3) is 0 Å². The molecule has 2 rings (SSSR count). The minimum absolute atomic E-state index is 0.132. The van der Waals surface area contributed by atoms with Crippen molar-refractivity contribution >= 4 is 166 Å². The van der Waals surface area contributed by atoms with Gasteiger partial charge in [0.2, 0.25) is 0 Å². The molecule has 0 saturated carbocycles. The van der Waals surface area contributed by atoms with E-state index in [0.29, 0.717) is 27.0 Å². The molecule has 0 aromatic heterocycles. The number of halogens is 8. The van der Waals surface area contributed by atoms with Gasteiger partial charge in [0, 0.05) is 23.1 Å². The number of nitrogens with two attached hydrogens (primary N) is 1. The van der Waals surface area contributed by atoms with Crippen molar-refractivity contribution in [2.45, 2.75) is 27.2 Å². The number of carboxylic acids is 1. The SMILES string of the molecule is C#Cc1cccc(C(=O)CC)c1.C#Cc1cccc(C(=O)O)c1.CN.[B]I(I)I.[CH2-]C.[CH2-]C.[I][V]([I])[I].[I][V][I]. The van der Waals surface area contributed by atoms with Crippen LogP contribution in [0.15, 0.2) is 48.5 Å². The van der Waals surface area contributed by atoms with Gasteiger partial charge in [0.05, 0.1) is 5.56 Å². The summed E-state index contributed by atoms with van der Waals surface area (Å²) in [6, 6.07) is 13.4. The first-order valence-electron chi connectivity index (χ1n) is 10.3. The first-order chi connectivity index (χ1) is 18.9. The van der Waals surface area contributed by atoms with E-state index in [9.17, 15) is 9.59 Å². The number of hydrogen-bond acceptors (Lipinski definition) is 3. The molecule has 2 radical (unpaired) electrons. The molecule has 0 amide bonds. The maximum absolute atomic E-state index is 11.2. The van der Waals surface area contributed by atoms with Crippen LogP contribution >= 0.6 is 149 Å². The summed E-state index contributed by atoms with van der Waals surface area (Å²) in [6.07, 6.45) is 10.8. The third-order valence-electron chi connectivity index (χ3n) is 2.95. The molecule has 2 aromatic carbocycles. The van der Waals surface area contributed by atoms with Crippen LogP contribution in [-0.4, -0.2) is 29.6 Å². The van der Waals surface area contributed by atoms with Gasteiger partial charge in [-0.1, -0.05) is 37.0 Å². The van der Waals surface area contributed by atoms with Gasteiger partial charge >= 0.3 is 175 Å².